The maximum atomic E-state index is 5.81. The van der Waals surface area contributed by atoms with Crippen LogP contribution >= 0.6 is 35.7 Å². The van der Waals surface area contributed by atoms with E-state index >= 15 is 0 Å². The molecule has 0 spiro atoms. The van der Waals surface area contributed by atoms with Crippen molar-refractivity contribution < 1.29 is 4.74 Å². The molecule has 4 nitrogen and oxygen atoms in total. The van der Waals surface area contributed by atoms with Gasteiger partial charge in [-0.15, -0.1) is 24.0 Å². The Morgan fingerprint density at radius 2 is 2.12 bits per heavy atom. The summed E-state index contributed by atoms with van der Waals surface area (Å²) in [5, 5.41) is 7.71. The van der Waals surface area contributed by atoms with Crippen molar-refractivity contribution in [3.63, 3.8) is 0 Å². The van der Waals surface area contributed by atoms with E-state index in [0.717, 1.165) is 29.9 Å². The zero-order valence-corrected chi connectivity index (χ0v) is 18.0. The van der Waals surface area contributed by atoms with Gasteiger partial charge in [0.25, 0.3) is 0 Å². The van der Waals surface area contributed by atoms with E-state index in [1.54, 1.807) is 0 Å². The van der Waals surface area contributed by atoms with Crippen LogP contribution in [0.2, 0.25) is 0 Å². The second-order valence-electron chi connectivity index (χ2n) is 5.98. The average Bonchev–Trinajstić information content (AvgIpc) is 3.02. The molecular weight excluding hydrogens is 433 g/mol. The molecule has 6 heteroatoms. The van der Waals surface area contributed by atoms with Crippen LogP contribution in [0.5, 0.6) is 5.75 Å². The van der Waals surface area contributed by atoms with Crippen LogP contribution in [0.3, 0.4) is 0 Å². The lowest BCUT2D eigenvalue weighted by atomic mass is 10.2. The quantitative estimate of drug-likeness (QED) is 0.279. The molecule has 0 radical (unpaired) electrons. The molecule has 1 aliphatic carbocycles. The van der Waals surface area contributed by atoms with Crippen LogP contribution in [-0.4, -0.2) is 43.7 Å². The summed E-state index contributed by atoms with van der Waals surface area (Å²) >= 11 is 1.98. The van der Waals surface area contributed by atoms with E-state index < -0.39 is 0 Å². The minimum atomic E-state index is 0. The minimum Gasteiger partial charge on any atom is -0.493 e. The minimum absolute atomic E-state index is 0. The maximum absolute atomic E-state index is 5.81. The van der Waals surface area contributed by atoms with Gasteiger partial charge in [0.05, 0.1) is 6.61 Å². The molecule has 1 saturated carbocycles. The van der Waals surface area contributed by atoms with E-state index in [4.69, 9.17) is 4.74 Å². The van der Waals surface area contributed by atoms with Crippen LogP contribution in [0.1, 0.15) is 31.2 Å². The van der Waals surface area contributed by atoms with Gasteiger partial charge in [-0.1, -0.05) is 18.2 Å². The number of para-hydroxylation sites is 1. The molecule has 1 fully saturated rings. The molecule has 0 saturated heterocycles. The fourth-order valence-electron chi connectivity index (χ4n) is 2.85. The Bertz CT molecular complexity index is 513. The van der Waals surface area contributed by atoms with E-state index in [2.05, 4.69) is 34.9 Å². The lowest BCUT2D eigenvalue weighted by molar-refractivity contribution is 0.309. The molecule has 24 heavy (non-hydrogen) atoms. The fraction of sp³-hybridized carbons (Fsp3) is 0.611. The van der Waals surface area contributed by atoms with Crippen LogP contribution in [0.4, 0.5) is 0 Å². The summed E-state index contributed by atoms with van der Waals surface area (Å²) in [6.45, 7) is 3.65. The largest absolute Gasteiger partial charge is 0.493 e. The highest BCUT2D eigenvalue weighted by Crippen LogP contribution is 2.27. The average molecular weight is 463 g/mol. The summed E-state index contributed by atoms with van der Waals surface area (Å²) < 4.78 is 5.81. The van der Waals surface area contributed by atoms with Crippen molar-refractivity contribution in [1.29, 1.82) is 0 Å². The number of nitrogens with zero attached hydrogens (tertiary/aromatic N) is 1. The van der Waals surface area contributed by atoms with Gasteiger partial charge in [0.2, 0.25) is 0 Å². The smallest absolute Gasteiger partial charge is 0.191 e. The number of halogens is 1. The summed E-state index contributed by atoms with van der Waals surface area (Å²) in [6, 6.07) is 8.69. The van der Waals surface area contributed by atoms with Gasteiger partial charge in [0, 0.05) is 24.9 Å². The van der Waals surface area contributed by atoms with E-state index in [0.29, 0.717) is 12.6 Å². The van der Waals surface area contributed by atoms with E-state index in [1.807, 2.05) is 37.0 Å². The first-order valence-electron chi connectivity index (χ1n) is 8.41. The maximum Gasteiger partial charge on any atom is 0.191 e. The Balaban J connectivity index is 0.00000288. The second-order valence-corrected chi connectivity index (χ2v) is 7.12. The summed E-state index contributed by atoms with van der Waals surface area (Å²) in [7, 11) is 1.83. The molecule has 0 heterocycles. The molecular formula is C18H30IN3OS. The van der Waals surface area contributed by atoms with Crippen molar-refractivity contribution in [2.24, 2.45) is 4.99 Å². The highest BCUT2D eigenvalue weighted by atomic mass is 127. The number of hydrogen-bond donors (Lipinski definition) is 2. The summed E-state index contributed by atoms with van der Waals surface area (Å²) in [6.07, 6.45) is 6.93. The topological polar surface area (TPSA) is 45.7 Å². The second kappa shape index (κ2) is 11.8. The molecule has 1 aromatic rings. The monoisotopic (exact) mass is 463 g/mol. The van der Waals surface area contributed by atoms with Gasteiger partial charge >= 0.3 is 0 Å². The highest BCUT2D eigenvalue weighted by Gasteiger charge is 2.24. The van der Waals surface area contributed by atoms with Gasteiger partial charge in [-0.3, -0.25) is 4.99 Å². The Morgan fingerprint density at radius 3 is 2.79 bits per heavy atom. The third-order valence-electron chi connectivity index (χ3n) is 4.25. The molecule has 0 amide bonds. The van der Waals surface area contributed by atoms with Gasteiger partial charge in [-0.05, 0) is 50.5 Å². The molecule has 1 aromatic carbocycles. The predicted molar refractivity (Wildman–Crippen MR) is 116 cm³/mol. The molecule has 136 valence electrons. The van der Waals surface area contributed by atoms with Gasteiger partial charge < -0.3 is 15.4 Å². The lowest BCUT2D eigenvalue weighted by Crippen LogP contribution is -2.43. The normalized spacial score (nSPS) is 20.4. The number of guanidine groups is 1. The van der Waals surface area contributed by atoms with Gasteiger partial charge in [-0.25, -0.2) is 0 Å². The van der Waals surface area contributed by atoms with Crippen molar-refractivity contribution in [2.45, 2.75) is 43.9 Å². The first-order valence-corrected chi connectivity index (χ1v) is 9.70. The number of thioether (sulfide) groups is 1. The standard InChI is InChI=1S/C18H29N3OS.HI/c1-14-7-4-5-8-17(14)22-12-6-11-20-18(19-2)21-15-9-10-16(13-15)23-3;/h4-5,7-8,15-16H,6,9-13H2,1-3H3,(H2,19,20,21);1H. The van der Waals surface area contributed by atoms with Crippen LogP contribution in [0, 0.1) is 6.92 Å². The van der Waals surface area contributed by atoms with Crippen molar-refractivity contribution in [1.82, 2.24) is 10.6 Å². The van der Waals surface area contributed by atoms with Crippen LogP contribution in [-0.2, 0) is 0 Å². The lowest BCUT2D eigenvalue weighted by Gasteiger charge is -2.17. The molecule has 1 aliphatic rings. The number of rotatable bonds is 7. The molecule has 2 rings (SSSR count). The Morgan fingerprint density at radius 1 is 1.33 bits per heavy atom. The predicted octanol–water partition coefficient (Wildman–Crippen LogP) is 3.83. The van der Waals surface area contributed by atoms with Crippen LogP contribution < -0.4 is 15.4 Å². The van der Waals surface area contributed by atoms with E-state index in [9.17, 15) is 0 Å². The van der Waals surface area contributed by atoms with Crippen LogP contribution in [0.15, 0.2) is 29.3 Å². The van der Waals surface area contributed by atoms with Gasteiger partial charge in [0.15, 0.2) is 5.96 Å². The summed E-state index contributed by atoms with van der Waals surface area (Å²) in [5.74, 6) is 1.89. The fourth-order valence-corrected chi connectivity index (χ4v) is 3.65. The number of ether oxygens (including phenoxy) is 1. The van der Waals surface area contributed by atoms with Crippen molar-refractivity contribution in [3.05, 3.63) is 29.8 Å². The van der Waals surface area contributed by atoms with Gasteiger partial charge in [0.1, 0.15) is 5.75 Å². The molecule has 0 bridgehead atoms. The molecule has 0 aliphatic heterocycles. The van der Waals surface area contributed by atoms with E-state index in [1.165, 1.54) is 24.8 Å². The molecule has 2 atom stereocenters. The third-order valence-corrected chi connectivity index (χ3v) is 5.34. The molecule has 2 N–H and O–H groups in total. The summed E-state index contributed by atoms with van der Waals surface area (Å²) in [5.41, 5.74) is 1.18. The SMILES string of the molecule is CN=C(NCCCOc1ccccc1C)NC1CCC(SC)C1.I. The Labute approximate surface area is 167 Å². The van der Waals surface area contributed by atoms with E-state index in [-0.39, 0.29) is 24.0 Å². The molecule has 2 unspecified atom stereocenters. The zero-order valence-electron chi connectivity index (χ0n) is 14.9. The third kappa shape index (κ3) is 7.09. The Kier molecular flexibility index (Phi) is 10.6. The number of benzene rings is 1. The zero-order chi connectivity index (χ0) is 16.5. The Hall–Kier alpha value is -0.630. The summed E-state index contributed by atoms with van der Waals surface area (Å²) in [4.78, 5) is 4.32. The molecule has 0 aromatic heterocycles. The number of aliphatic imine (C=N–C) groups is 1. The highest BCUT2D eigenvalue weighted by molar-refractivity contribution is 14.0. The number of hydrogen-bond acceptors (Lipinski definition) is 3. The van der Waals surface area contributed by atoms with Gasteiger partial charge in [-0.2, -0.15) is 11.8 Å². The first-order chi connectivity index (χ1) is 11.2. The van der Waals surface area contributed by atoms with Crippen LogP contribution in [0.25, 0.3) is 0 Å². The van der Waals surface area contributed by atoms with Crippen molar-refractivity contribution >= 4 is 41.7 Å². The van der Waals surface area contributed by atoms with Crippen molar-refractivity contribution in [3.8, 4) is 5.75 Å². The number of nitrogens with one attached hydrogen (secondary N) is 2. The number of aryl methyl sites for hydroxylation is 1. The first kappa shape index (κ1) is 21.4. The van der Waals surface area contributed by atoms with Crippen molar-refractivity contribution in [2.75, 3.05) is 26.5 Å².